The van der Waals surface area contributed by atoms with Crippen LogP contribution in [0.3, 0.4) is 0 Å². The van der Waals surface area contributed by atoms with Crippen LogP contribution in [0.5, 0.6) is 5.75 Å². The topological polar surface area (TPSA) is 46.6 Å². The van der Waals surface area contributed by atoms with Gasteiger partial charge in [-0.15, -0.1) is 0 Å². The molecule has 31 heavy (non-hydrogen) atoms. The quantitative estimate of drug-likeness (QED) is 0.487. The zero-order valence-corrected chi connectivity index (χ0v) is 18.7. The van der Waals surface area contributed by atoms with E-state index in [-0.39, 0.29) is 5.91 Å². The summed E-state index contributed by atoms with van der Waals surface area (Å²) in [5.74, 6) is 0.758. The Morgan fingerprint density at radius 1 is 0.839 bits per heavy atom. The number of amides is 1. The Bertz CT molecular complexity index is 1090. The van der Waals surface area contributed by atoms with Crippen LogP contribution in [0.2, 0.25) is 0 Å². The van der Waals surface area contributed by atoms with E-state index in [0.717, 1.165) is 33.1 Å². The van der Waals surface area contributed by atoms with E-state index in [1.807, 2.05) is 91.9 Å². The smallest absolute Gasteiger partial charge is 0.231 e. The van der Waals surface area contributed by atoms with Gasteiger partial charge in [0.15, 0.2) is 7.14 Å². The van der Waals surface area contributed by atoms with Crippen LogP contribution in [-0.4, -0.2) is 13.0 Å². The Labute approximate surface area is 183 Å². The highest BCUT2D eigenvalue weighted by atomic mass is 31.2. The summed E-state index contributed by atoms with van der Waals surface area (Å²) in [5.41, 5.74) is 1.60. The maximum absolute atomic E-state index is 14.9. The molecule has 0 bridgehead atoms. The lowest BCUT2D eigenvalue weighted by Crippen LogP contribution is -2.35. The van der Waals surface area contributed by atoms with Gasteiger partial charge < -0.3 is 9.30 Å². The van der Waals surface area contributed by atoms with Gasteiger partial charge in [0.1, 0.15) is 5.75 Å². The summed E-state index contributed by atoms with van der Waals surface area (Å²) in [6.45, 7) is 2.02. The molecule has 0 saturated heterocycles. The van der Waals surface area contributed by atoms with E-state index in [0.29, 0.717) is 19.3 Å². The zero-order chi connectivity index (χ0) is 21.8. The van der Waals surface area contributed by atoms with Crippen LogP contribution < -0.4 is 20.2 Å². The Balaban J connectivity index is 1.94. The molecule has 0 radical (unpaired) electrons. The molecule has 1 amide bonds. The molecule has 3 aromatic rings. The molecule has 0 unspecified atom stereocenters. The Hall–Kier alpha value is -3.10. The summed E-state index contributed by atoms with van der Waals surface area (Å²) in [4.78, 5) is 14.8. The van der Waals surface area contributed by atoms with E-state index in [1.165, 1.54) is 0 Å². The first-order valence-corrected chi connectivity index (χ1v) is 12.2. The SMILES string of the molecule is CCC1=C(P(=O)(c2ccccc2)c2ccccc2)CCC(=O)N1c1ccc(OC)cc1. The zero-order valence-electron chi connectivity index (χ0n) is 17.8. The van der Waals surface area contributed by atoms with E-state index < -0.39 is 7.14 Å². The number of ether oxygens (including phenoxy) is 1. The second-order valence-electron chi connectivity index (χ2n) is 7.45. The fourth-order valence-electron chi connectivity index (χ4n) is 4.23. The maximum Gasteiger partial charge on any atom is 0.231 e. The van der Waals surface area contributed by atoms with Crippen molar-refractivity contribution >= 4 is 29.3 Å². The second kappa shape index (κ2) is 8.95. The van der Waals surface area contributed by atoms with Crippen molar-refractivity contribution in [2.45, 2.75) is 26.2 Å². The summed E-state index contributed by atoms with van der Waals surface area (Å²) in [6.07, 6.45) is 1.43. The van der Waals surface area contributed by atoms with Crippen LogP contribution in [0.4, 0.5) is 5.69 Å². The Morgan fingerprint density at radius 3 is 1.87 bits per heavy atom. The van der Waals surface area contributed by atoms with Gasteiger partial charge in [0, 0.05) is 33.7 Å². The molecular formula is C26H26NO3P. The fourth-order valence-corrected chi connectivity index (χ4v) is 7.38. The van der Waals surface area contributed by atoms with Crippen LogP contribution in [0.25, 0.3) is 0 Å². The van der Waals surface area contributed by atoms with Crippen LogP contribution in [0, 0.1) is 0 Å². The first-order chi connectivity index (χ1) is 15.1. The van der Waals surface area contributed by atoms with Gasteiger partial charge in [-0.1, -0.05) is 67.6 Å². The van der Waals surface area contributed by atoms with Crippen molar-refractivity contribution in [3.05, 3.63) is 95.9 Å². The minimum Gasteiger partial charge on any atom is -0.497 e. The molecule has 0 atom stereocenters. The van der Waals surface area contributed by atoms with Crippen LogP contribution >= 0.6 is 7.14 Å². The molecule has 3 aromatic carbocycles. The summed E-state index contributed by atoms with van der Waals surface area (Å²) >= 11 is 0. The fraction of sp³-hybridized carbons (Fsp3) is 0.192. The van der Waals surface area contributed by atoms with Crippen LogP contribution in [-0.2, 0) is 9.36 Å². The molecule has 4 nitrogen and oxygen atoms in total. The number of rotatable bonds is 6. The van der Waals surface area contributed by atoms with Crippen molar-refractivity contribution in [3.63, 3.8) is 0 Å². The third kappa shape index (κ3) is 3.84. The van der Waals surface area contributed by atoms with Gasteiger partial charge in [-0.25, -0.2) is 0 Å². The van der Waals surface area contributed by atoms with Crippen molar-refractivity contribution in [1.82, 2.24) is 0 Å². The van der Waals surface area contributed by atoms with Crippen molar-refractivity contribution in [2.24, 2.45) is 0 Å². The van der Waals surface area contributed by atoms with Crippen molar-refractivity contribution in [1.29, 1.82) is 0 Å². The molecule has 4 rings (SSSR count). The molecule has 1 heterocycles. The highest BCUT2D eigenvalue weighted by Gasteiger charge is 2.39. The first-order valence-electron chi connectivity index (χ1n) is 10.5. The number of hydrogen-bond acceptors (Lipinski definition) is 3. The lowest BCUT2D eigenvalue weighted by molar-refractivity contribution is -0.118. The van der Waals surface area contributed by atoms with Gasteiger partial charge >= 0.3 is 0 Å². The number of allylic oxidation sites excluding steroid dienone is 2. The third-order valence-electron chi connectivity index (χ3n) is 5.71. The van der Waals surface area contributed by atoms with E-state index in [4.69, 9.17) is 4.74 Å². The average molecular weight is 431 g/mol. The molecule has 5 heteroatoms. The number of hydrogen-bond donors (Lipinski definition) is 0. The highest BCUT2D eigenvalue weighted by Crippen LogP contribution is 2.57. The van der Waals surface area contributed by atoms with Crippen LogP contribution in [0.15, 0.2) is 95.9 Å². The lowest BCUT2D eigenvalue weighted by atomic mass is 10.1. The number of anilines is 1. The summed E-state index contributed by atoms with van der Waals surface area (Å²) < 4.78 is 20.2. The van der Waals surface area contributed by atoms with E-state index in [1.54, 1.807) is 12.0 Å². The molecule has 0 fully saturated rings. The average Bonchev–Trinajstić information content (AvgIpc) is 2.84. The minimum atomic E-state index is -3.11. The molecule has 0 saturated carbocycles. The molecule has 0 aromatic heterocycles. The summed E-state index contributed by atoms with van der Waals surface area (Å²) in [7, 11) is -1.49. The Kier molecular flexibility index (Phi) is 6.11. The van der Waals surface area contributed by atoms with Gasteiger partial charge in [0.25, 0.3) is 0 Å². The van der Waals surface area contributed by atoms with Crippen molar-refractivity contribution in [2.75, 3.05) is 12.0 Å². The number of carbonyl (C=O) groups excluding carboxylic acids is 1. The predicted octanol–water partition coefficient (Wildman–Crippen LogP) is 5.46. The van der Waals surface area contributed by atoms with Crippen molar-refractivity contribution < 1.29 is 14.1 Å². The van der Waals surface area contributed by atoms with Crippen molar-refractivity contribution in [3.8, 4) is 5.75 Å². The first kappa shape index (κ1) is 21.1. The van der Waals surface area contributed by atoms with Gasteiger partial charge in [-0.2, -0.15) is 0 Å². The second-order valence-corrected chi connectivity index (χ2v) is 10.2. The van der Waals surface area contributed by atoms with E-state index in [2.05, 4.69) is 0 Å². The van der Waals surface area contributed by atoms with Gasteiger partial charge in [0.2, 0.25) is 5.91 Å². The molecule has 0 spiro atoms. The molecule has 1 aliphatic rings. The Morgan fingerprint density at radius 2 is 1.39 bits per heavy atom. The summed E-state index contributed by atoms with van der Waals surface area (Å²) in [5, 5.41) is 2.46. The van der Waals surface area contributed by atoms with Gasteiger partial charge in [-0.05, 0) is 37.1 Å². The predicted molar refractivity (Wildman–Crippen MR) is 127 cm³/mol. The van der Waals surface area contributed by atoms with Gasteiger partial charge in [-0.3, -0.25) is 9.69 Å². The minimum absolute atomic E-state index is 0.0263. The molecule has 0 aliphatic carbocycles. The van der Waals surface area contributed by atoms with E-state index in [9.17, 15) is 9.36 Å². The van der Waals surface area contributed by atoms with Gasteiger partial charge in [0.05, 0.1) is 7.11 Å². The van der Waals surface area contributed by atoms with E-state index >= 15 is 0 Å². The highest BCUT2D eigenvalue weighted by molar-refractivity contribution is 7.82. The standard InChI is InChI=1S/C26H26NO3P/c1-3-24-25(18-19-26(28)27(24)20-14-16-21(30-2)17-15-20)31(29,22-10-6-4-7-11-22)23-12-8-5-9-13-23/h4-17H,3,18-19H2,1-2H3. The largest absolute Gasteiger partial charge is 0.497 e. The molecule has 1 aliphatic heterocycles. The molecular weight excluding hydrogens is 405 g/mol. The lowest BCUT2D eigenvalue weighted by Gasteiger charge is -2.35. The monoisotopic (exact) mass is 431 g/mol. The molecule has 158 valence electrons. The number of carbonyl (C=O) groups is 1. The maximum atomic E-state index is 14.9. The number of methoxy groups -OCH3 is 1. The summed E-state index contributed by atoms with van der Waals surface area (Å²) in [6, 6.07) is 26.7. The van der Waals surface area contributed by atoms with Crippen LogP contribution in [0.1, 0.15) is 26.2 Å². The number of benzene rings is 3. The molecule has 0 N–H and O–H groups in total. The third-order valence-corrected chi connectivity index (χ3v) is 9.01. The normalized spacial score (nSPS) is 14.6. The number of nitrogens with zero attached hydrogens (tertiary/aromatic N) is 1.